The molecule has 6 heteroatoms. The van der Waals surface area contributed by atoms with E-state index in [1.807, 2.05) is 0 Å². The van der Waals surface area contributed by atoms with Gasteiger partial charge < -0.3 is 9.84 Å². The van der Waals surface area contributed by atoms with Crippen molar-refractivity contribution in [1.29, 1.82) is 0 Å². The highest BCUT2D eigenvalue weighted by Crippen LogP contribution is 2.20. The Balaban J connectivity index is 2.20. The number of ether oxygens (including phenoxy) is 1. The molecule has 1 aromatic heterocycles. The van der Waals surface area contributed by atoms with E-state index < -0.39 is 11.8 Å². The van der Waals surface area contributed by atoms with E-state index in [2.05, 4.69) is 9.97 Å². The van der Waals surface area contributed by atoms with Gasteiger partial charge >= 0.3 is 12.0 Å². The maximum atomic E-state index is 13.2. The molecule has 0 amide bonds. The summed E-state index contributed by atoms with van der Waals surface area (Å²) in [4.78, 5) is 17.9. The lowest BCUT2D eigenvalue weighted by Gasteiger charge is -2.03. The highest BCUT2D eigenvalue weighted by atomic mass is 19.1. The molecule has 0 bridgehead atoms. The van der Waals surface area contributed by atoms with E-state index in [0.29, 0.717) is 0 Å². The third-order valence-electron chi connectivity index (χ3n) is 1.91. The average molecular weight is 234 g/mol. The molecular formula is C11H7FN2O3. The Bertz CT molecular complexity index is 543. The fourth-order valence-electron chi connectivity index (χ4n) is 1.11. The fourth-order valence-corrected chi connectivity index (χ4v) is 1.11. The van der Waals surface area contributed by atoms with Gasteiger partial charge in [-0.25, -0.2) is 19.2 Å². The summed E-state index contributed by atoms with van der Waals surface area (Å²) < 4.78 is 18.3. The molecule has 1 heterocycles. The number of halogens is 1. The third kappa shape index (κ3) is 2.54. The van der Waals surface area contributed by atoms with E-state index in [-0.39, 0.29) is 17.3 Å². The zero-order valence-corrected chi connectivity index (χ0v) is 8.50. The smallest absolute Gasteiger partial charge is 0.338 e. The van der Waals surface area contributed by atoms with Gasteiger partial charge in [0.1, 0.15) is 0 Å². The van der Waals surface area contributed by atoms with Gasteiger partial charge in [-0.3, -0.25) is 0 Å². The molecule has 0 unspecified atom stereocenters. The SMILES string of the molecule is O=C(O)c1cnc(Oc2ccccc2F)nc1. The van der Waals surface area contributed by atoms with Crippen molar-refractivity contribution in [2.24, 2.45) is 0 Å². The highest BCUT2D eigenvalue weighted by Gasteiger charge is 2.07. The van der Waals surface area contributed by atoms with Gasteiger partial charge in [-0.1, -0.05) is 12.1 Å². The molecule has 0 saturated heterocycles. The number of carboxylic acid groups (broad SMARTS) is 1. The van der Waals surface area contributed by atoms with Gasteiger partial charge in [-0.15, -0.1) is 0 Å². The van der Waals surface area contributed by atoms with E-state index in [0.717, 1.165) is 12.4 Å². The molecule has 17 heavy (non-hydrogen) atoms. The lowest BCUT2D eigenvalue weighted by molar-refractivity contribution is 0.0696. The van der Waals surface area contributed by atoms with Crippen molar-refractivity contribution in [3.8, 4) is 11.8 Å². The standard InChI is InChI=1S/C11H7FN2O3/c12-8-3-1-2-4-9(8)17-11-13-5-7(6-14-11)10(15)16/h1-6H,(H,15,16). The van der Waals surface area contributed by atoms with Gasteiger partial charge in [0, 0.05) is 12.4 Å². The van der Waals surface area contributed by atoms with Crippen LogP contribution in [-0.4, -0.2) is 21.0 Å². The molecule has 2 aromatic rings. The van der Waals surface area contributed by atoms with E-state index in [4.69, 9.17) is 9.84 Å². The van der Waals surface area contributed by atoms with Crippen LogP contribution in [0.4, 0.5) is 4.39 Å². The Hall–Kier alpha value is -2.50. The molecule has 0 fully saturated rings. The lowest BCUT2D eigenvalue weighted by atomic mass is 10.3. The van der Waals surface area contributed by atoms with Crippen LogP contribution in [0.15, 0.2) is 36.7 Å². The molecular weight excluding hydrogens is 227 g/mol. The number of carbonyl (C=O) groups is 1. The molecule has 0 aliphatic carbocycles. The summed E-state index contributed by atoms with van der Waals surface area (Å²) in [6, 6.07) is 5.67. The van der Waals surface area contributed by atoms with E-state index in [9.17, 15) is 9.18 Å². The minimum atomic E-state index is -1.14. The van der Waals surface area contributed by atoms with Crippen molar-refractivity contribution in [2.75, 3.05) is 0 Å². The first-order valence-electron chi connectivity index (χ1n) is 4.64. The average Bonchev–Trinajstić information content (AvgIpc) is 2.33. The number of benzene rings is 1. The highest BCUT2D eigenvalue weighted by molar-refractivity contribution is 5.86. The number of carboxylic acids is 1. The van der Waals surface area contributed by atoms with E-state index >= 15 is 0 Å². The summed E-state index contributed by atoms with van der Waals surface area (Å²) in [5, 5.41) is 8.63. The van der Waals surface area contributed by atoms with E-state index in [1.165, 1.54) is 18.2 Å². The molecule has 86 valence electrons. The zero-order chi connectivity index (χ0) is 12.3. The summed E-state index contributed by atoms with van der Waals surface area (Å²) in [5.74, 6) is -1.70. The molecule has 1 N–H and O–H groups in total. The van der Waals surface area contributed by atoms with Gasteiger partial charge in [-0.2, -0.15) is 0 Å². The van der Waals surface area contributed by atoms with Gasteiger partial charge in [0.15, 0.2) is 11.6 Å². The van der Waals surface area contributed by atoms with Crippen molar-refractivity contribution >= 4 is 5.97 Å². The number of aromatic nitrogens is 2. The normalized spacial score (nSPS) is 9.94. The van der Waals surface area contributed by atoms with Gasteiger partial charge in [0.2, 0.25) is 0 Å². The van der Waals surface area contributed by atoms with Crippen LogP contribution in [0, 0.1) is 5.82 Å². The summed E-state index contributed by atoms with van der Waals surface area (Å²) in [5.41, 5.74) is -0.0640. The van der Waals surface area contributed by atoms with Gasteiger partial charge in [-0.05, 0) is 12.1 Å². The Morgan fingerprint density at radius 2 is 1.88 bits per heavy atom. The minimum absolute atomic E-state index is 0.0180. The molecule has 2 rings (SSSR count). The second-order valence-corrected chi connectivity index (χ2v) is 3.09. The first kappa shape index (κ1) is 11.0. The van der Waals surface area contributed by atoms with E-state index in [1.54, 1.807) is 6.07 Å². The molecule has 1 aromatic carbocycles. The van der Waals surface area contributed by atoms with Gasteiger partial charge in [0.05, 0.1) is 5.56 Å². The Labute approximate surface area is 95.5 Å². The molecule has 0 atom stereocenters. The largest absolute Gasteiger partial charge is 0.478 e. The zero-order valence-electron chi connectivity index (χ0n) is 8.50. The number of rotatable bonds is 3. The van der Waals surface area contributed by atoms with Crippen LogP contribution in [0.1, 0.15) is 10.4 Å². The lowest BCUT2D eigenvalue weighted by Crippen LogP contribution is -2.00. The Morgan fingerprint density at radius 1 is 1.24 bits per heavy atom. The van der Waals surface area contributed by atoms with Crippen molar-refractivity contribution in [2.45, 2.75) is 0 Å². The monoisotopic (exact) mass is 234 g/mol. The van der Waals surface area contributed by atoms with Crippen LogP contribution in [0.5, 0.6) is 11.8 Å². The van der Waals surface area contributed by atoms with Crippen LogP contribution in [0.2, 0.25) is 0 Å². The van der Waals surface area contributed by atoms with Crippen molar-refractivity contribution in [3.63, 3.8) is 0 Å². The molecule has 5 nitrogen and oxygen atoms in total. The number of aromatic carboxylic acids is 1. The predicted octanol–water partition coefficient (Wildman–Crippen LogP) is 2.11. The van der Waals surface area contributed by atoms with Crippen molar-refractivity contribution < 1.29 is 19.0 Å². The maximum Gasteiger partial charge on any atom is 0.338 e. The summed E-state index contributed by atoms with van der Waals surface area (Å²) in [6.07, 6.45) is 2.18. The summed E-state index contributed by atoms with van der Waals surface area (Å²) in [7, 11) is 0. The molecule has 0 aliphatic heterocycles. The van der Waals surface area contributed by atoms with Crippen LogP contribution < -0.4 is 4.74 Å². The third-order valence-corrected chi connectivity index (χ3v) is 1.91. The summed E-state index contributed by atoms with van der Waals surface area (Å²) >= 11 is 0. The first-order valence-corrected chi connectivity index (χ1v) is 4.64. The number of para-hydroxylation sites is 1. The Kier molecular flexibility index (Phi) is 2.95. The first-order chi connectivity index (χ1) is 8.16. The summed E-state index contributed by atoms with van der Waals surface area (Å²) in [6.45, 7) is 0. The van der Waals surface area contributed by atoms with Gasteiger partial charge in [0.25, 0.3) is 0 Å². The number of nitrogens with zero attached hydrogens (tertiary/aromatic N) is 2. The second kappa shape index (κ2) is 4.56. The topological polar surface area (TPSA) is 72.3 Å². The second-order valence-electron chi connectivity index (χ2n) is 3.09. The van der Waals surface area contributed by atoms with Crippen LogP contribution in [0.3, 0.4) is 0 Å². The quantitative estimate of drug-likeness (QED) is 0.880. The van der Waals surface area contributed by atoms with Crippen LogP contribution in [-0.2, 0) is 0 Å². The predicted molar refractivity (Wildman–Crippen MR) is 55.5 cm³/mol. The van der Waals surface area contributed by atoms with Crippen LogP contribution in [0.25, 0.3) is 0 Å². The fraction of sp³-hybridized carbons (Fsp3) is 0. The molecule has 0 saturated carbocycles. The van der Waals surface area contributed by atoms with Crippen molar-refractivity contribution in [3.05, 3.63) is 48.0 Å². The van der Waals surface area contributed by atoms with Crippen molar-refractivity contribution in [1.82, 2.24) is 9.97 Å². The minimum Gasteiger partial charge on any atom is -0.478 e. The molecule has 0 radical (unpaired) electrons. The number of hydrogen-bond acceptors (Lipinski definition) is 4. The Morgan fingerprint density at radius 3 is 2.47 bits per heavy atom. The number of hydrogen-bond donors (Lipinski definition) is 1. The van der Waals surface area contributed by atoms with Crippen LogP contribution >= 0.6 is 0 Å². The maximum absolute atomic E-state index is 13.2. The molecule has 0 spiro atoms. The molecule has 0 aliphatic rings.